The number of fused-ring (bicyclic) bond motifs is 1. The zero-order valence-electron chi connectivity index (χ0n) is 13.2. The second-order valence-electron chi connectivity index (χ2n) is 6.63. The molecular formula is C15H20N4O3S. The summed E-state index contributed by atoms with van der Waals surface area (Å²) in [5.74, 6) is 0.697. The molecule has 1 aliphatic rings. The first-order valence-electron chi connectivity index (χ1n) is 7.59. The van der Waals surface area contributed by atoms with Crippen LogP contribution in [0.3, 0.4) is 0 Å². The van der Waals surface area contributed by atoms with Crippen molar-refractivity contribution in [2.24, 2.45) is 11.3 Å². The second kappa shape index (κ2) is 5.59. The summed E-state index contributed by atoms with van der Waals surface area (Å²) in [6.07, 6.45) is 4.34. The molecule has 3 rings (SSSR count). The maximum Gasteiger partial charge on any atom is 0.231 e. The van der Waals surface area contributed by atoms with Crippen molar-refractivity contribution >= 4 is 32.5 Å². The molecule has 0 spiro atoms. The number of rotatable bonds is 3. The number of amides is 1. The highest BCUT2D eigenvalue weighted by Gasteiger charge is 2.40. The van der Waals surface area contributed by atoms with Crippen molar-refractivity contribution in [1.29, 1.82) is 0 Å². The number of nitrogens with one attached hydrogen (secondary N) is 2. The number of sulfone groups is 1. The molecule has 0 aliphatic carbocycles. The quantitative estimate of drug-likeness (QED) is 0.888. The van der Waals surface area contributed by atoms with Crippen LogP contribution in [0.5, 0.6) is 0 Å². The molecule has 2 aromatic rings. The van der Waals surface area contributed by atoms with Gasteiger partial charge in [-0.1, -0.05) is 13.8 Å². The molecular weight excluding hydrogens is 316 g/mol. The SMILES string of the molecule is CC(C)(C(=O)Nc1cc2cn[nH]c2cn1)C1CCS(=O)(=O)CC1. The summed E-state index contributed by atoms with van der Waals surface area (Å²) in [6, 6.07) is 1.76. The van der Waals surface area contributed by atoms with E-state index in [-0.39, 0.29) is 23.3 Å². The number of carbonyl (C=O) groups excluding carboxylic acids is 1. The van der Waals surface area contributed by atoms with Crippen molar-refractivity contribution in [1.82, 2.24) is 15.2 Å². The molecule has 7 nitrogen and oxygen atoms in total. The third-order valence-corrected chi connectivity index (χ3v) is 6.44. The van der Waals surface area contributed by atoms with Gasteiger partial charge < -0.3 is 5.32 Å². The Bertz CT molecular complexity index is 827. The van der Waals surface area contributed by atoms with Crippen molar-refractivity contribution in [3.05, 3.63) is 18.5 Å². The van der Waals surface area contributed by atoms with E-state index in [4.69, 9.17) is 0 Å². The molecule has 1 saturated heterocycles. The molecule has 3 heterocycles. The highest BCUT2D eigenvalue weighted by Crippen LogP contribution is 2.36. The number of carbonyl (C=O) groups is 1. The van der Waals surface area contributed by atoms with Crippen molar-refractivity contribution < 1.29 is 13.2 Å². The smallest absolute Gasteiger partial charge is 0.231 e. The average molecular weight is 336 g/mol. The Labute approximate surface area is 134 Å². The minimum Gasteiger partial charge on any atom is -0.310 e. The van der Waals surface area contributed by atoms with Crippen molar-refractivity contribution in [2.75, 3.05) is 16.8 Å². The Kier molecular flexibility index (Phi) is 3.87. The fourth-order valence-electron chi connectivity index (χ4n) is 2.99. The fraction of sp³-hybridized carbons (Fsp3) is 0.533. The van der Waals surface area contributed by atoms with E-state index in [1.54, 1.807) is 18.5 Å². The van der Waals surface area contributed by atoms with Gasteiger partial charge in [-0.15, -0.1) is 0 Å². The predicted octanol–water partition coefficient (Wildman–Crippen LogP) is 1.75. The van der Waals surface area contributed by atoms with Gasteiger partial charge in [-0.05, 0) is 24.8 Å². The van der Waals surface area contributed by atoms with Gasteiger partial charge in [0.15, 0.2) is 0 Å². The summed E-state index contributed by atoms with van der Waals surface area (Å²) in [6.45, 7) is 3.72. The van der Waals surface area contributed by atoms with Crippen LogP contribution in [0.15, 0.2) is 18.5 Å². The number of pyridine rings is 1. The molecule has 0 atom stereocenters. The van der Waals surface area contributed by atoms with Gasteiger partial charge in [0.25, 0.3) is 0 Å². The van der Waals surface area contributed by atoms with Crippen LogP contribution in [0.2, 0.25) is 0 Å². The van der Waals surface area contributed by atoms with Gasteiger partial charge in [0, 0.05) is 10.8 Å². The van der Waals surface area contributed by atoms with E-state index in [9.17, 15) is 13.2 Å². The summed E-state index contributed by atoms with van der Waals surface area (Å²) in [4.78, 5) is 16.8. The monoisotopic (exact) mass is 336 g/mol. The molecule has 8 heteroatoms. The molecule has 2 aromatic heterocycles. The molecule has 1 fully saturated rings. The third-order valence-electron chi connectivity index (χ3n) is 4.73. The van der Waals surface area contributed by atoms with E-state index in [1.165, 1.54) is 0 Å². The topological polar surface area (TPSA) is 105 Å². The van der Waals surface area contributed by atoms with Gasteiger partial charge in [0.1, 0.15) is 15.7 Å². The maximum absolute atomic E-state index is 12.6. The fourth-order valence-corrected chi connectivity index (χ4v) is 4.48. The van der Waals surface area contributed by atoms with E-state index in [1.807, 2.05) is 13.8 Å². The van der Waals surface area contributed by atoms with Gasteiger partial charge in [0.2, 0.25) is 5.91 Å². The van der Waals surface area contributed by atoms with Crippen LogP contribution in [0.25, 0.3) is 10.9 Å². The summed E-state index contributed by atoms with van der Waals surface area (Å²) >= 11 is 0. The van der Waals surface area contributed by atoms with Gasteiger partial charge in [0.05, 0.1) is 29.4 Å². The van der Waals surface area contributed by atoms with Gasteiger partial charge in [-0.2, -0.15) is 5.10 Å². The first kappa shape index (κ1) is 15.9. The lowest BCUT2D eigenvalue weighted by molar-refractivity contribution is -0.126. The van der Waals surface area contributed by atoms with Crippen LogP contribution >= 0.6 is 0 Å². The number of nitrogens with zero attached hydrogens (tertiary/aromatic N) is 2. The van der Waals surface area contributed by atoms with E-state index in [0.29, 0.717) is 18.7 Å². The Morgan fingerprint density at radius 3 is 2.70 bits per heavy atom. The van der Waals surface area contributed by atoms with E-state index < -0.39 is 15.3 Å². The molecule has 0 radical (unpaired) electrons. The number of anilines is 1. The number of H-pyrrole nitrogens is 1. The van der Waals surface area contributed by atoms with Crippen LogP contribution in [-0.2, 0) is 14.6 Å². The minimum atomic E-state index is -2.93. The van der Waals surface area contributed by atoms with Gasteiger partial charge >= 0.3 is 0 Å². The van der Waals surface area contributed by atoms with Gasteiger partial charge in [-0.3, -0.25) is 9.89 Å². The summed E-state index contributed by atoms with van der Waals surface area (Å²) in [5, 5.41) is 10.4. The molecule has 1 amide bonds. The van der Waals surface area contributed by atoms with Crippen LogP contribution < -0.4 is 5.32 Å². The predicted molar refractivity (Wildman–Crippen MR) is 87.7 cm³/mol. The average Bonchev–Trinajstić information content (AvgIpc) is 2.94. The van der Waals surface area contributed by atoms with E-state index in [0.717, 1.165) is 10.9 Å². The number of aromatic amines is 1. The Balaban J connectivity index is 1.73. The summed E-state index contributed by atoms with van der Waals surface area (Å²) < 4.78 is 23.1. The number of hydrogen-bond acceptors (Lipinski definition) is 5. The third kappa shape index (κ3) is 3.21. The van der Waals surface area contributed by atoms with Crippen LogP contribution in [0.4, 0.5) is 5.82 Å². The Hall–Kier alpha value is -1.96. The van der Waals surface area contributed by atoms with Crippen LogP contribution in [-0.4, -0.2) is 41.0 Å². The zero-order chi connectivity index (χ0) is 16.7. The lowest BCUT2D eigenvalue weighted by Crippen LogP contribution is -2.41. The lowest BCUT2D eigenvalue weighted by Gasteiger charge is -2.35. The first-order valence-corrected chi connectivity index (χ1v) is 9.41. The van der Waals surface area contributed by atoms with Crippen molar-refractivity contribution in [3.8, 4) is 0 Å². The highest BCUT2D eigenvalue weighted by atomic mass is 32.2. The molecule has 1 aliphatic heterocycles. The van der Waals surface area contributed by atoms with Crippen molar-refractivity contribution in [2.45, 2.75) is 26.7 Å². The molecule has 0 bridgehead atoms. The Morgan fingerprint density at radius 2 is 2.00 bits per heavy atom. The van der Waals surface area contributed by atoms with Crippen LogP contribution in [0, 0.1) is 11.3 Å². The normalized spacial score (nSPS) is 18.9. The largest absolute Gasteiger partial charge is 0.310 e. The molecule has 0 aromatic carbocycles. The molecule has 124 valence electrons. The van der Waals surface area contributed by atoms with E-state index >= 15 is 0 Å². The lowest BCUT2D eigenvalue weighted by atomic mass is 9.75. The first-order chi connectivity index (χ1) is 10.8. The maximum atomic E-state index is 12.6. The van der Waals surface area contributed by atoms with Gasteiger partial charge in [-0.25, -0.2) is 13.4 Å². The molecule has 0 saturated carbocycles. The number of aromatic nitrogens is 3. The van der Waals surface area contributed by atoms with E-state index in [2.05, 4.69) is 20.5 Å². The standard InChI is InChI=1S/C15H20N4O3S/c1-15(2,11-3-5-23(21,22)6-4-11)14(20)18-13-7-10-8-17-19-12(10)9-16-13/h7-9,11H,3-6H2,1-2H3,(H,17,19)(H,16,18,20). The van der Waals surface area contributed by atoms with Crippen molar-refractivity contribution in [3.63, 3.8) is 0 Å². The molecule has 2 N–H and O–H groups in total. The second-order valence-corrected chi connectivity index (χ2v) is 8.93. The minimum absolute atomic E-state index is 0.0451. The van der Waals surface area contributed by atoms with Crippen LogP contribution in [0.1, 0.15) is 26.7 Å². The summed E-state index contributed by atoms with van der Waals surface area (Å²) in [5.41, 5.74) is 0.155. The zero-order valence-corrected chi connectivity index (χ0v) is 14.0. The Morgan fingerprint density at radius 1 is 1.30 bits per heavy atom. The molecule has 23 heavy (non-hydrogen) atoms. The summed E-state index contributed by atoms with van der Waals surface area (Å²) in [7, 11) is -2.93. The molecule has 0 unspecified atom stereocenters. The highest BCUT2D eigenvalue weighted by molar-refractivity contribution is 7.91. The number of hydrogen-bond donors (Lipinski definition) is 2.